The van der Waals surface area contributed by atoms with Crippen molar-refractivity contribution in [2.45, 2.75) is 33.1 Å². The molecule has 0 aliphatic heterocycles. The number of carbonyl (C=O) groups excluding carboxylic acids is 2. The van der Waals surface area contributed by atoms with Crippen LogP contribution in [0.4, 0.5) is 0 Å². The molecule has 5 nitrogen and oxygen atoms in total. The van der Waals surface area contributed by atoms with Crippen LogP contribution >= 0.6 is 0 Å². The van der Waals surface area contributed by atoms with Gasteiger partial charge in [-0.15, -0.1) is 0 Å². The molecule has 23 heavy (non-hydrogen) atoms. The third kappa shape index (κ3) is 3.44. The summed E-state index contributed by atoms with van der Waals surface area (Å²) in [6.07, 6.45) is 1.10. The highest BCUT2D eigenvalue weighted by Gasteiger charge is 2.65. The molecule has 2 rings (SSSR count). The van der Waals surface area contributed by atoms with Crippen LogP contribution in [0.25, 0.3) is 0 Å². The number of carboxylic acid groups (broad SMARTS) is 1. The summed E-state index contributed by atoms with van der Waals surface area (Å²) >= 11 is 0. The van der Waals surface area contributed by atoms with E-state index in [4.69, 9.17) is 4.74 Å². The van der Waals surface area contributed by atoms with Crippen LogP contribution in [-0.2, 0) is 25.5 Å². The lowest BCUT2D eigenvalue weighted by Crippen LogP contribution is -2.60. The van der Waals surface area contributed by atoms with Crippen molar-refractivity contribution >= 4 is 17.7 Å². The standard InChI is InChI=1S/C18H22O5/c1-12(2)8-9-23-17(22)18(16(20)21)11-14(15(18)19)10-13-6-4-3-5-7-13/h3-7,12,14H,8-11H2,1-2H3,(H,20,21). The highest BCUT2D eigenvalue weighted by atomic mass is 16.5. The van der Waals surface area contributed by atoms with Crippen molar-refractivity contribution in [3.05, 3.63) is 35.9 Å². The monoisotopic (exact) mass is 318 g/mol. The Balaban J connectivity index is 2.02. The van der Waals surface area contributed by atoms with Crippen molar-refractivity contribution in [2.75, 3.05) is 6.61 Å². The fraction of sp³-hybridized carbons (Fsp3) is 0.500. The van der Waals surface area contributed by atoms with E-state index >= 15 is 0 Å². The smallest absolute Gasteiger partial charge is 0.331 e. The highest BCUT2D eigenvalue weighted by Crippen LogP contribution is 2.45. The molecule has 1 aliphatic rings. The Morgan fingerprint density at radius 2 is 1.96 bits per heavy atom. The normalized spacial score (nSPS) is 23.4. The maximum atomic E-state index is 12.4. The van der Waals surface area contributed by atoms with Gasteiger partial charge in [-0.25, -0.2) is 0 Å². The van der Waals surface area contributed by atoms with Crippen molar-refractivity contribution in [3.63, 3.8) is 0 Å². The summed E-state index contributed by atoms with van der Waals surface area (Å²) < 4.78 is 5.05. The second-order valence-electron chi connectivity index (χ2n) is 6.48. The van der Waals surface area contributed by atoms with Crippen LogP contribution in [0.15, 0.2) is 30.3 Å². The molecule has 1 fully saturated rings. The third-order valence-electron chi connectivity index (χ3n) is 4.31. The molecule has 2 unspecified atom stereocenters. The van der Waals surface area contributed by atoms with Gasteiger partial charge < -0.3 is 9.84 Å². The van der Waals surface area contributed by atoms with Crippen LogP contribution in [0.2, 0.25) is 0 Å². The number of carboxylic acids is 1. The number of ketones is 1. The summed E-state index contributed by atoms with van der Waals surface area (Å²) in [5.41, 5.74) is -1.05. The van der Waals surface area contributed by atoms with Gasteiger partial charge in [-0.05, 0) is 30.7 Å². The number of ether oxygens (including phenoxy) is 1. The minimum atomic E-state index is -2.00. The molecule has 1 aromatic carbocycles. The molecule has 0 spiro atoms. The molecule has 0 bridgehead atoms. The quantitative estimate of drug-likeness (QED) is 0.617. The SMILES string of the molecule is CC(C)CCOC(=O)C1(C(=O)O)CC(Cc2ccccc2)C1=O. The molecule has 5 heteroatoms. The first kappa shape index (κ1) is 17.2. The molecule has 0 aromatic heterocycles. The van der Waals surface area contributed by atoms with Crippen LogP contribution < -0.4 is 0 Å². The maximum absolute atomic E-state index is 12.4. The Kier molecular flexibility index (Phi) is 5.19. The van der Waals surface area contributed by atoms with Crippen molar-refractivity contribution in [1.29, 1.82) is 0 Å². The largest absolute Gasteiger partial charge is 0.480 e. The van der Waals surface area contributed by atoms with E-state index in [-0.39, 0.29) is 13.0 Å². The highest BCUT2D eigenvalue weighted by molar-refractivity contribution is 6.24. The summed E-state index contributed by atoms with van der Waals surface area (Å²) in [6.45, 7) is 4.10. The second kappa shape index (κ2) is 6.94. The Morgan fingerprint density at radius 3 is 2.48 bits per heavy atom. The van der Waals surface area contributed by atoms with E-state index < -0.39 is 29.1 Å². The van der Waals surface area contributed by atoms with Gasteiger partial charge in [0.2, 0.25) is 5.41 Å². The number of hydrogen-bond donors (Lipinski definition) is 1. The number of Topliss-reactive ketones (excluding diaryl/α,β-unsaturated/α-hetero) is 1. The Morgan fingerprint density at radius 1 is 1.30 bits per heavy atom. The molecule has 1 aliphatic carbocycles. The zero-order valence-corrected chi connectivity index (χ0v) is 13.5. The van der Waals surface area contributed by atoms with Crippen molar-refractivity contribution in [2.24, 2.45) is 17.3 Å². The number of rotatable bonds is 7. The van der Waals surface area contributed by atoms with Crippen LogP contribution in [-0.4, -0.2) is 29.4 Å². The Labute approximate surface area is 135 Å². The molecular weight excluding hydrogens is 296 g/mol. The molecule has 0 heterocycles. The van der Waals surface area contributed by atoms with E-state index in [1.165, 1.54) is 0 Å². The van der Waals surface area contributed by atoms with E-state index in [9.17, 15) is 19.5 Å². The molecule has 2 atom stereocenters. The molecule has 124 valence electrons. The fourth-order valence-electron chi connectivity index (χ4n) is 2.82. The van der Waals surface area contributed by atoms with Gasteiger partial charge in [-0.1, -0.05) is 44.2 Å². The van der Waals surface area contributed by atoms with Crippen LogP contribution in [0.1, 0.15) is 32.3 Å². The average molecular weight is 318 g/mol. The van der Waals surface area contributed by atoms with Crippen molar-refractivity contribution < 1.29 is 24.2 Å². The number of aliphatic carboxylic acids is 1. The predicted molar refractivity (Wildman–Crippen MR) is 83.7 cm³/mol. The fourth-order valence-corrected chi connectivity index (χ4v) is 2.82. The first-order valence-corrected chi connectivity index (χ1v) is 7.86. The van der Waals surface area contributed by atoms with E-state index in [1.807, 2.05) is 44.2 Å². The first-order valence-electron chi connectivity index (χ1n) is 7.86. The van der Waals surface area contributed by atoms with Gasteiger partial charge in [-0.2, -0.15) is 0 Å². The van der Waals surface area contributed by atoms with E-state index in [0.717, 1.165) is 5.56 Å². The molecule has 1 aromatic rings. The Bertz CT molecular complexity index is 593. The van der Waals surface area contributed by atoms with Crippen molar-refractivity contribution in [3.8, 4) is 0 Å². The topological polar surface area (TPSA) is 80.7 Å². The van der Waals surface area contributed by atoms with Crippen LogP contribution in [0.3, 0.4) is 0 Å². The number of hydrogen-bond acceptors (Lipinski definition) is 4. The number of esters is 1. The minimum Gasteiger partial charge on any atom is -0.480 e. The van der Waals surface area contributed by atoms with Gasteiger partial charge in [0, 0.05) is 5.92 Å². The molecule has 0 amide bonds. The van der Waals surface area contributed by atoms with Gasteiger partial charge in [0.25, 0.3) is 0 Å². The number of carbonyl (C=O) groups is 3. The van der Waals surface area contributed by atoms with Gasteiger partial charge in [0.15, 0.2) is 5.78 Å². The molecular formula is C18H22O5. The average Bonchev–Trinajstić information content (AvgIpc) is 2.50. The maximum Gasteiger partial charge on any atom is 0.331 e. The zero-order chi connectivity index (χ0) is 17.0. The van der Waals surface area contributed by atoms with Gasteiger partial charge >= 0.3 is 11.9 Å². The van der Waals surface area contributed by atoms with Crippen molar-refractivity contribution in [1.82, 2.24) is 0 Å². The van der Waals surface area contributed by atoms with E-state index in [0.29, 0.717) is 18.8 Å². The van der Waals surface area contributed by atoms with E-state index in [2.05, 4.69) is 0 Å². The summed E-state index contributed by atoms with van der Waals surface area (Å²) in [5, 5.41) is 9.40. The van der Waals surface area contributed by atoms with E-state index in [1.54, 1.807) is 0 Å². The lowest BCUT2D eigenvalue weighted by Gasteiger charge is -2.40. The summed E-state index contributed by atoms with van der Waals surface area (Å²) in [5.74, 6) is -2.96. The predicted octanol–water partition coefficient (Wildman–Crippen LogP) is 2.48. The van der Waals surface area contributed by atoms with Gasteiger partial charge in [-0.3, -0.25) is 14.4 Å². The zero-order valence-electron chi connectivity index (χ0n) is 13.5. The van der Waals surface area contributed by atoms with Gasteiger partial charge in [0.1, 0.15) is 0 Å². The molecule has 1 N–H and O–H groups in total. The summed E-state index contributed by atoms with van der Waals surface area (Å²) in [7, 11) is 0. The minimum absolute atomic E-state index is 0.0105. The molecule has 1 saturated carbocycles. The Hall–Kier alpha value is -2.17. The summed E-state index contributed by atoms with van der Waals surface area (Å²) in [6, 6.07) is 9.37. The van der Waals surface area contributed by atoms with Crippen LogP contribution in [0.5, 0.6) is 0 Å². The third-order valence-corrected chi connectivity index (χ3v) is 4.31. The first-order chi connectivity index (χ1) is 10.9. The lowest BCUT2D eigenvalue weighted by atomic mass is 9.59. The van der Waals surface area contributed by atoms with Crippen LogP contribution in [0, 0.1) is 17.3 Å². The number of benzene rings is 1. The molecule has 0 radical (unpaired) electrons. The second-order valence-corrected chi connectivity index (χ2v) is 6.48. The lowest BCUT2D eigenvalue weighted by molar-refractivity contribution is -0.182. The summed E-state index contributed by atoms with van der Waals surface area (Å²) in [4.78, 5) is 36.1. The molecule has 0 saturated heterocycles. The van der Waals surface area contributed by atoms with Gasteiger partial charge in [0.05, 0.1) is 6.61 Å².